The monoisotopic (exact) mass is 418 g/mol. The van der Waals surface area contributed by atoms with Crippen molar-refractivity contribution in [2.45, 2.75) is 17.7 Å². The van der Waals surface area contributed by atoms with Crippen molar-refractivity contribution in [1.29, 1.82) is 0 Å². The quantitative estimate of drug-likeness (QED) is 0.437. The fourth-order valence-corrected chi connectivity index (χ4v) is 5.12. The Morgan fingerprint density at radius 1 is 0.933 bits per heavy atom. The van der Waals surface area contributed by atoms with E-state index in [1.807, 2.05) is 49.4 Å². The van der Waals surface area contributed by atoms with Crippen LogP contribution in [0, 0.1) is 6.92 Å². The predicted octanol–water partition coefficient (Wildman–Crippen LogP) is 4.32. The molecule has 0 saturated carbocycles. The van der Waals surface area contributed by atoms with Crippen LogP contribution in [0.4, 0.5) is 0 Å². The lowest BCUT2D eigenvalue weighted by atomic mass is 9.96. The molecular weight excluding hydrogens is 396 g/mol. The molecule has 4 aromatic rings. The third-order valence-electron chi connectivity index (χ3n) is 5.29. The summed E-state index contributed by atoms with van der Waals surface area (Å²) < 4.78 is 28.0. The number of para-hydroxylation sites is 2. The second-order valence-electron chi connectivity index (χ2n) is 7.41. The Morgan fingerprint density at radius 3 is 2.23 bits per heavy atom. The second kappa shape index (κ2) is 7.88. The molecule has 1 atom stereocenters. The number of hydrogen-bond acceptors (Lipinski definition) is 4. The number of aryl methyl sites for hydroxylation is 2. The van der Waals surface area contributed by atoms with Crippen molar-refractivity contribution in [3.8, 4) is 0 Å². The van der Waals surface area contributed by atoms with Gasteiger partial charge in [-0.05, 0) is 36.8 Å². The van der Waals surface area contributed by atoms with Crippen LogP contribution in [0.2, 0.25) is 0 Å². The standard InChI is InChI=1S/C24H22N2O3S/c1-17-12-14-19(15-13-17)30(28,29)16-20(18-8-4-3-5-9-18)23(27)24-25-21-10-6-7-11-22(21)26(24)2/h3-15,20H,16H2,1-2H3. The highest BCUT2D eigenvalue weighted by molar-refractivity contribution is 7.91. The number of imidazole rings is 1. The van der Waals surface area contributed by atoms with E-state index in [1.54, 1.807) is 48.0 Å². The zero-order valence-corrected chi connectivity index (χ0v) is 17.6. The Labute approximate surface area is 175 Å². The number of rotatable bonds is 6. The second-order valence-corrected chi connectivity index (χ2v) is 9.44. The number of Topliss-reactive ketones (excluding diaryl/α,β-unsaturated/α-hetero) is 1. The molecule has 0 saturated heterocycles. The van der Waals surface area contributed by atoms with E-state index in [2.05, 4.69) is 4.98 Å². The molecule has 0 aliphatic carbocycles. The molecule has 1 aromatic heterocycles. The molecular formula is C24H22N2O3S. The molecule has 0 N–H and O–H groups in total. The van der Waals surface area contributed by atoms with Gasteiger partial charge in [-0.3, -0.25) is 4.79 Å². The van der Waals surface area contributed by atoms with E-state index in [1.165, 1.54) is 0 Å². The number of fused-ring (bicyclic) bond motifs is 1. The summed E-state index contributed by atoms with van der Waals surface area (Å²) in [5.74, 6) is -1.23. The highest BCUT2D eigenvalue weighted by atomic mass is 32.2. The van der Waals surface area contributed by atoms with Gasteiger partial charge in [0.2, 0.25) is 5.78 Å². The normalized spacial score (nSPS) is 12.7. The lowest BCUT2D eigenvalue weighted by Crippen LogP contribution is -2.25. The van der Waals surface area contributed by atoms with Crippen molar-refractivity contribution in [3.05, 3.63) is 95.8 Å². The van der Waals surface area contributed by atoms with Gasteiger partial charge in [0, 0.05) is 7.05 Å². The third kappa shape index (κ3) is 3.78. The van der Waals surface area contributed by atoms with E-state index in [-0.39, 0.29) is 22.3 Å². The number of carbonyl (C=O) groups is 1. The van der Waals surface area contributed by atoms with Crippen LogP contribution in [-0.2, 0) is 16.9 Å². The van der Waals surface area contributed by atoms with Crippen LogP contribution in [0.5, 0.6) is 0 Å². The van der Waals surface area contributed by atoms with Crippen LogP contribution >= 0.6 is 0 Å². The Morgan fingerprint density at radius 2 is 1.57 bits per heavy atom. The maximum absolute atomic E-state index is 13.6. The Balaban J connectivity index is 1.77. The molecule has 1 unspecified atom stereocenters. The van der Waals surface area contributed by atoms with Crippen LogP contribution < -0.4 is 0 Å². The third-order valence-corrected chi connectivity index (χ3v) is 7.05. The average Bonchev–Trinajstić information content (AvgIpc) is 3.09. The first-order chi connectivity index (χ1) is 14.4. The Kier molecular flexibility index (Phi) is 5.26. The van der Waals surface area contributed by atoms with Gasteiger partial charge in [0.15, 0.2) is 15.7 Å². The van der Waals surface area contributed by atoms with Crippen LogP contribution in [0.25, 0.3) is 11.0 Å². The molecule has 0 fully saturated rings. The SMILES string of the molecule is Cc1ccc(S(=O)(=O)CC(C(=O)c2nc3ccccc3n2C)c2ccccc2)cc1. The van der Waals surface area contributed by atoms with E-state index in [0.717, 1.165) is 11.1 Å². The van der Waals surface area contributed by atoms with E-state index < -0.39 is 15.8 Å². The number of sulfone groups is 1. The van der Waals surface area contributed by atoms with Crippen LogP contribution in [0.3, 0.4) is 0 Å². The summed E-state index contributed by atoms with van der Waals surface area (Å²) in [5, 5.41) is 0. The van der Waals surface area contributed by atoms with Gasteiger partial charge in [-0.25, -0.2) is 13.4 Å². The molecule has 0 aliphatic rings. The van der Waals surface area contributed by atoms with Gasteiger partial charge in [-0.1, -0.05) is 60.2 Å². The fraction of sp³-hybridized carbons (Fsp3) is 0.167. The predicted molar refractivity (Wildman–Crippen MR) is 117 cm³/mol. The van der Waals surface area contributed by atoms with Crippen LogP contribution in [0.1, 0.15) is 27.7 Å². The first kappa shape index (κ1) is 20.0. The van der Waals surface area contributed by atoms with Gasteiger partial charge in [0.05, 0.1) is 27.6 Å². The summed E-state index contributed by atoms with van der Waals surface area (Å²) >= 11 is 0. The molecule has 1 heterocycles. The van der Waals surface area contributed by atoms with Crippen LogP contribution in [-0.4, -0.2) is 29.5 Å². The van der Waals surface area contributed by atoms with Crippen molar-refractivity contribution in [1.82, 2.24) is 9.55 Å². The maximum Gasteiger partial charge on any atom is 0.206 e. The van der Waals surface area contributed by atoms with Crippen molar-refractivity contribution < 1.29 is 13.2 Å². The number of ketones is 1. The van der Waals surface area contributed by atoms with Crippen molar-refractivity contribution in [2.24, 2.45) is 7.05 Å². The molecule has 152 valence electrons. The molecule has 0 radical (unpaired) electrons. The first-order valence-corrected chi connectivity index (χ1v) is 11.3. The molecule has 0 aliphatic heterocycles. The van der Waals surface area contributed by atoms with Gasteiger partial charge in [0.1, 0.15) is 0 Å². The van der Waals surface area contributed by atoms with Crippen molar-refractivity contribution >= 4 is 26.7 Å². The zero-order valence-electron chi connectivity index (χ0n) is 16.8. The molecule has 0 amide bonds. The number of aromatic nitrogens is 2. The van der Waals surface area contributed by atoms with Gasteiger partial charge >= 0.3 is 0 Å². The molecule has 5 nitrogen and oxygen atoms in total. The van der Waals surface area contributed by atoms with E-state index in [9.17, 15) is 13.2 Å². The smallest absolute Gasteiger partial charge is 0.206 e. The Bertz CT molecular complexity index is 1310. The highest BCUT2D eigenvalue weighted by Crippen LogP contribution is 2.27. The number of hydrogen-bond donors (Lipinski definition) is 0. The lowest BCUT2D eigenvalue weighted by molar-refractivity contribution is 0.0954. The first-order valence-electron chi connectivity index (χ1n) is 9.67. The zero-order chi connectivity index (χ0) is 21.3. The highest BCUT2D eigenvalue weighted by Gasteiger charge is 2.31. The van der Waals surface area contributed by atoms with Crippen molar-refractivity contribution in [3.63, 3.8) is 0 Å². The Hall–Kier alpha value is -3.25. The molecule has 30 heavy (non-hydrogen) atoms. The largest absolute Gasteiger partial charge is 0.325 e. The maximum atomic E-state index is 13.6. The van der Waals surface area contributed by atoms with Gasteiger partial charge in [-0.2, -0.15) is 0 Å². The van der Waals surface area contributed by atoms with Gasteiger partial charge in [-0.15, -0.1) is 0 Å². The summed E-state index contributed by atoms with van der Waals surface area (Å²) in [5.41, 5.74) is 3.17. The lowest BCUT2D eigenvalue weighted by Gasteiger charge is -2.17. The summed E-state index contributed by atoms with van der Waals surface area (Å²) in [6.45, 7) is 1.90. The molecule has 3 aromatic carbocycles. The summed E-state index contributed by atoms with van der Waals surface area (Å²) in [6.07, 6.45) is 0. The van der Waals surface area contributed by atoms with E-state index in [0.29, 0.717) is 11.1 Å². The number of nitrogens with zero attached hydrogens (tertiary/aromatic N) is 2. The van der Waals surface area contributed by atoms with Crippen LogP contribution in [0.15, 0.2) is 83.8 Å². The summed E-state index contributed by atoms with van der Waals surface area (Å²) in [4.78, 5) is 18.3. The molecule has 0 bridgehead atoms. The fourth-order valence-electron chi connectivity index (χ4n) is 3.59. The topological polar surface area (TPSA) is 69.0 Å². The van der Waals surface area contributed by atoms with Gasteiger partial charge < -0.3 is 4.57 Å². The summed E-state index contributed by atoms with van der Waals surface area (Å²) in [6, 6.07) is 23.2. The molecule has 4 rings (SSSR count). The van der Waals surface area contributed by atoms with E-state index in [4.69, 9.17) is 0 Å². The minimum atomic E-state index is -3.68. The minimum Gasteiger partial charge on any atom is -0.325 e. The minimum absolute atomic E-state index is 0.215. The molecule has 0 spiro atoms. The van der Waals surface area contributed by atoms with E-state index >= 15 is 0 Å². The van der Waals surface area contributed by atoms with Crippen molar-refractivity contribution in [2.75, 3.05) is 5.75 Å². The number of benzene rings is 3. The number of carbonyl (C=O) groups excluding carboxylic acids is 1. The van der Waals surface area contributed by atoms with Gasteiger partial charge in [0.25, 0.3) is 0 Å². The average molecular weight is 419 g/mol. The summed E-state index contributed by atoms with van der Waals surface area (Å²) in [7, 11) is -1.90. The molecule has 6 heteroatoms.